The standard InChI is InChI=1S/C19H21N3S/c1-4-21(3)13-14(2)22-16-7-5-6-8-18(16)23-19-10-9-15(12-20)11-17(19)22/h5-11,14H,4,13H2,1-3H3/t14-/m1/s1. The van der Waals surface area contributed by atoms with Crippen molar-refractivity contribution in [3.63, 3.8) is 0 Å². The summed E-state index contributed by atoms with van der Waals surface area (Å²) in [7, 11) is 2.15. The zero-order valence-corrected chi connectivity index (χ0v) is 14.6. The van der Waals surface area contributed by atoms with Crippen LogP contribution in [-0.4, -0.2) is 31.1 Å². The molecule has 0 saturated carbocycles. The summed E-state index contributed by atoms with van der Waals surface area (Å²) in [5.41, 5.74) is 3.09. The first-order chi connectivity index (χ1) is 11.1. The fourth-order valence-corrected chi connectivity index (χ4v) is 4.04. The summed E-state index contributed by atoms with van der Waals surface area (Å²) in [5.74, 6) is 0. The highest BCUT2D eigenvalue weighted by molar-refractivity contribution is 7.99. The van der Waals surface area contributed by atoms with Gasteiger partial charge in [-0.3, -0.25) is 0 Å². The first-order valence-electron chi connectivity index (χ1n) is 7.93. The van der Waals surface area contributed by atoms with Gasteiger partial charge in [0.25, 0.3) is 0 Å². The van der Waals surface area contributed by atoms with Crippen molar-refractivity contribution in [3.8, 4) is 6.07 Å². The van der Waals surface area contributed by atoms with E-state index < -0.39 is 0 Å². The molecular formula is C19H21N3S. The number of rotatable bonds is 4. The van der Waals surface area contributed by atoms with Gasteiger partial charge in [-0.05, 0) is 50.8 Å². The minimum absolute atomic E-state index is 0.328. The average molecular weight is 323 g/mol. The van der Waals surface area contributed by atoms with Crippen molar-refractivity contribution in [2.45, 2.75) is 29.7 Å². The van der Waals surface area contributed by atoms with Crippen molar-refractivity contribution in [1.29, 1.82) is 5.26 Å². The number of benzene rings is 2. The number of likely N-dealkylation sites (N-methyl/N-ethyl adjacent to an activating group) is 1. The number of anilines is 2. The van der Waals surface area contributed by atoms with E-state index >= 15 is 0 Å². The highest BCUT2D eigenvalue weighted by Gasteiger charge is 2.27. The largest absolute Gasteiger partial charge is 0.335 e. The fraction of sp³-hybridized carbons (Fsp3) is 0.316. The number of hydrogen-bond donors (Lipinski definition) is 0. The fourth-order valence-electron chi connectivity index (χ4n) is 2.99. The van der Waals surface area contributed by atoms with Crippen molar-refractivity contribution >= 4 is 23.1 Å². The molecule has 0 N–H and O–H groups in total. The normalized spacial score (nSPS) is 14.1. The van der Waals surface area contributed by atoms with Gasteiger partial charge in [0.05, 0.1) is 23.0 Å². The van der Waals surface area contributed by atoms with Crippen LogP contribution >= 0.6 is 11.8 Å². The predicted octanol–water partition coefficient (Wildman–Crippen LogP) is 4.50. The Labute approximate surface area is 142 Å². The topological polar surface area (TPSA) is 30.3 Å². The average Bonchev–Trinajstić information content (AvgIpc) is 2.58. The van der Waals surface area contributed by atoms with Gasteiger partial charge in [0.2, 0.25) is 0 Å². The van der Waals surface area contributed by atoms with Gasteiger partial charge in [0.15, 0.2) is 0 Å². The molecule has 1 aliphatic rings. The van der Waals surface area contributed by atoms with Crippen molar-refractivity contribution in [3.05, 3.63) is 48.0 Å². The first kappa shape index (κ1) is 15.9. The van der Waals surface area contributed by atoms with Crippen LogP contribution in [0.2, 0.25) is 0 Å². The monoisotopic (exact) mass is 323 g/mol. The van der Waals surface area contributed by atoms with Gasteiger partial charge < -0.3 is 9.80 Å². The van der Waals surface area contributed by atoms with E-state index in [0.717, 1.165) is 18.8 Å². The van der Waals surface area contributed by atoms with Crippen LogP contribution in [0.15, 0.2) is 52.3 Å². The number of fused-ring (bicyclic) bond motifs is 2. The molecule has 0 aromatic heterocycles. The second-order valence-corrected chi connectivity index (χ2v) is 7.02. The highest BCUT2D eigenvalue weighted by atomic mass is 32.2. The zero-order chi connectivity index (χ0) is 16.4. The molecule has 0 aliphatic carbocycles. The van der Waals surface area contributed by atoms with E-state index in [2.05, 4.69) is 67.1 Å². The minimum atomic E-state index is 0.328. The van der Waals surface area contributed by atoms with Crippen molar-refractivity contribution in [2.75, 3.05) is 25.0 Å². The second-order valence-electron chi connectivity index (χ2n) is 5.94. The molecule has 118 valence electrons. The molecule has 0 fully saturated rings. The smallest absolute Gasteiger partial charge is 0.0992 e. The third-order valence-corrected chi connectivity index (χ3v) is 5.38. The molecule has 1 heterocycles. The van der Waals surface area contributed by atoms with Gasteiger partial charge in [-0.15, -0.1) is 0 Å². The van der Waals surface area contributed by atoms with Crippen LogP contribution in [0.4, 0.5) is 11.4 Å². The summed E-state index contributed by atoms with van der Waals surface area (Å²) < 4.78 is 0. The molecule has 0 unspecified atom stereocenters. The van der Waals surface area contributed by atoms with Crippen LogP contribution in [0.25, 0.3) is 0 Å². The lowest BCUT2D eigenvalue weighted by Gasteiger charge is -2.38. The lowest BCUT2D eigenvalue weighted by Crippen LogP contribution is -2.39. The Hall–Kier alpha value is -1.96. The second kappa shape index (κ2) is 6.66. The maximum atomic E-state index is 9.26. The van der Waals surface area contributed by atoms with Gasteiger partial charge in [-0.2, -0.15) is 5.26 Å². The molecule has 23 heavy (non-hydrogen) atoms. The van der Waals surface area contributed by atoms with Crippen molar-refractivity contribution in [2.24, 2.45) is 0 Å². The van der Waals surface area contributed by atoms with Gasteiger partial charge in [0.1, 0.15) is 0 Å². The Morgan fingerprint density at radius 3 is 2.65 bits per heavy atom. The van der Waals surface area contributed by atoms with Gasteiger partial charge in [-0.25, -0.2) is 0 Å². The Balaban J connectivity index is 2.08. The Kier molecular flexibility index (Phi) is 4.61. The van der Waals surface area contributed by atoms with Gasteiger partial charge >= 0.3 is 0 Å². The van der Waals surface area contributed by atoms with Crippen LogP contribution in [0.5, 0.6) is 0 Å². The number of hydrogen-bond acceptors (Lipinski definition) is 4. The molecule has 1 atom stereocenters. The lowest BCUT2D eigenvalue weighted by molar-refractivity contribution is 0.332. The van der Waals surface area contributed by atoms with Crippen LogP contribution in [0.1, 0.15) is 19.4 Å². The summed E-state index contributed by atoms with van der Waals surface area (Å²) in [4.78, 5) is 7.20. The minimum Gasteiger partial charge on any atom is -0.335 e. The van der Waals surface area contributed by atoms with Gasteiger partial charge in [-0.1, -0.05) is 30.8 Å². The lowest BCUT2D eigenvalue weighted by atomic mass is 10.1. The third-order valence-electron chi connectivity index (χ3n) is 4.25. The van der Waals surface area contributed by atoms with Crippen molar-refractivity contribution < 1.29 is 0 Å². The predicted molar refractivity (Wildman–Crippen MR) is 96.5 cm³/mol. The van der Waals surface area contributed by atoms with Crippen molar-refractivity contribution in [1.82, 2.24) is 4.90 Å². The van der Waals surface area contributed by atoms with E-state index in [1.54, 1.807) is 11.8 Å². The molecule has 2 aromatic rings. The van der Waals surface area contributed by atoms with E-state index in [4.69, 9.17) is 0 Å². The van der Waals surface area contributed by atoms with Crippen LogP contribution in [-0.2, 0) is 0 Å². The molecule has 0 spiro atoms. The van der Waals surface area contributed by atoms with E-state index in [1.165, 1.54) is 15.5 Å². The van der Waals surface area contributed by atoms with Crippen LogP contribution in [0.3, 0.4) is 0 Å². The van der Waals surface area contributed by atoms with Crippen LogP contribution < -0.4 is 4.90 Å². The molecule has 4 heteroatoms. The van der Waals surface area contributed by atoms with Crippen LogP contribution in [0, 0.1) is 11.3 Å². The van der Waals surface area contributed by atoms with Gasteiger partial charge in [0, 0.05) is 22.4 Å². The molecule has 0 saturated heterocycles. The van der Waals surface area contributed by atoms with E-state index in [9.17, 15) is 5.26 Å². The molecule has 3 rings (SSSR count). The number of para-hydroxylation sites is 1. The maximum absolute atomic E-state index is 9.26. The highest BCUT2D eigenvalue weighted by Crippen LogP contribution is 2.49. The molecule has 0 bridgehead atoms. The van der Waals surface area contributed by atoms with E-state index in [0.29, 0.717) is 11.6 Å². The summed E-state index contributed by atoms with van der Waals surface area (Å²) in [6.07, 6.45) is 0. The summed E-state index contributed by atoms with van der Waals surface area (Å²) in [5, 5.41) is 9.26. The Morgan fingerprint density at radius 1 is 1.17 bits per heavy atom. The molecule has 0 radical (unpaired) electrons. The summed E-state index contributed by atoms with van der Waals surface area (Å²) in [6.45, 7) is 6.43. The van der Waals surface area contributed by atoms with E-state index in [-0.39, 0.29) is 0 Å². The maximum Gasteiger partial charge on any atom is 0.0992 e. The number of nitrogens with zero attached hydrogens (tertiary/aromatic N) is 3. The Morgan fingerprint density at radius 2 is 1.91 bits per heavy atom. The zero-order valence-electron chi connectivity index (χ0n) is 13.8. The molecule has 0 amide bonds. The Bertz CT molecular complexity index is 751. The van der Waals surface area contributed by atoms with E-state index in [1.807, 2.05) is 12.1 Å². The first-order valence-corrected chi connectivity index (χ1v) is 8.74. The third kappa shape index (κ3) is 3.08. The molecule has 3 nitrogen and oxygen atoms in total. The summed E-state index contributed by atoms with van der Waals surface area (Å²) in [6, 6.07) is 17.1. The quantitative estimate of drug-likeness (QED) is 0.828. The number of nitriles is 1. The SMILES string of the molecule is CCN(C)C[C@@H](C)N1c2ccccc2Sc2ccc(C#N)cc21. The molecule has 2 aromatic carbocycles. The molecule has 1 aliphatic heterocycles. The summed E-state index contributed by atoms with van der Waals surface area (Å²) >= 11 is 1.78. The molecular weight excluding hydrogens is 302 g/mol.